The fourth-order valence-corrected chi connectivity index (χ4v) is 2.55. The Kier molecular flexibility index (Phi) is 2.89. The second kappa shape index (κ2) is 4.28. The summed E-state index contributed by atoms with van der Waals surface area (Å²) in [5.74, 6) is -2.09. The van der Waals surface area contributed by atoms with Crippen molar-refractivity contribution in [3.63, 3.8) is 0 Å². The van der Waals surface area contributed by atoms with E-state index in [1.54, 1.807) is 13.8 Å². The van der Waals surface area contributed by atoms with Crippen molar-refractivity contribution in [1.82, 2.24) is 0 Å². The van der Waals surface area contributed by atoms with Gasteiger partial charge in [-0.1, -0.05) is 6.58 Å². The van der Waals surface area contributed by atoms with Crippen LogP contribution in [0.25, 0.3) is 0 Å². The monoisotopic (exact) mass is 284 g/mol. The van der Waals surface area contributed by atoms with E-state index in [1.807, 2.05) is 0 Å². The number of carbonyl (C=O) groups is 2. The third-order valence-corrected chi connectivity index (χ3v) is 3.39. The molecule has 0 aromatic carbocycles. The number of esters is 2. The van der Waals surface area contributed by atoms with Gasteiger partial charge in [0.25, 0.3) is 0 Å². The Hall–Kier alpha value is -1.44. The number of ether oxygens (including phenoxy) is 5. The molecule has 7 heteroatoms. The van der Waals surface area contributed by atoms with Gasteiger partial charge in [-0.25, -0.2) is 9.59 Å². The number of hydrogen-bond donors (Lipinski definition) is 0. The molecule has 3 rings (SSSR count). The molecule has 0 saturated carbocycles. The third-order valence-electron chi connectivity index (χ3n) is 3.39. The molecule has 0 amide bonds. The van der Waals surface area contributed by atoms with Crippen LogP contribution in [-0.2, 0) is 33.3 Å². The standard InChI is InChI=1S/C13H16O7/c1-5(2)10(14)17-8-6-7(16-11(8)15)9-12(18-6)20-13(3,4)19-9/h6-9,12H,1H2,2-4H3/t6-,7-,8-,9+,12+/m0/s1. The summed E-state index contributed by atoms with van der Waals surface area (Å²) in [6.07, 6.45) is -3.58. The molecule has 3 heterocycles. The van der Waals surface area contributed by atoms with Crippen LogP contribution in [0.2, 0.25) is 0 Å². The van der Waals surface area contributed by atoms with Crippen molar-refractivity contribution in [2.75, 3.05) is 0 Å². The van der Waals surface area contributed by atoms with E-state index in [0.717, 1.165) is 0 Å². The van der Waals surface area contributed by atoms with Crippen LogP contribution in [0.4, 0.5) is 0 Å². The van der Waals surface area contributed by atoms with E-state index in [0.29, 0.717) is 0 Å². The Morgan fingerprint density at radius 1 is 1.25 bits per heavy atom. The van der Waals surface area contributed by atoms with Crippen LogP contribution in [0, 0.1) is 0 Å². The molecule has 3 saturated heterocycles. The van der Waals surface area contributed by atoms with Gasteiger partial charge < -0.3 is 23.7 Å². The second-order valence-electron chi connectivity index (χ2n) is 5.58. The number of rotatable bonds is 2. The van der Waals surface area contributed by atoms with Gasteiger partial charge in [0.05, 0.1) is 0 Å². The zero-order valence-electron chi connectivity index (χ0n) is 11.5. The lowest BCUT2D eigenvalue weighted by Gasteiger charge is -2.21. The van der Waals surface area contributed by atoms with Crippen molar-refractivity contribution in [2.24, 2.45) is 0 Å². The van der Waals surface area contributed by atoms with E-state index in [9.17, 15) is 9.59 Å². The van der Waals surface area contributed by atoms with Crippen molar-refractivity contribution in [1.29, 1.82) is 0 Å². The molecule has 0 spiro atoms. The zero-order chi connectivity index (χ0) is 14.7. The average Bonchev–Trinajstić information content (AvgIpc) is 2.88. The van der Waals surface area contributed by atoms with Crippen molar-refractivity contribution in [2.45, 2.75) is 57.3 Å². The van der Waals surface area contributed by atoms with Crippen LogP contribution >= 0.6 is 0 Å². The van der Waals surface area contributed by atoms with Crippen LogP contribution in [-0.4, -0.2) is 48.4 Å². The minimum absolute atomic E-state index is 0.202. The van der Waals surface area contributed by atoms with Crippen LogP contribution < -0.4 is 0 Å². The smallest absolute Gasteiger partial charge is 0.350 e. The summed E-state index contributed by atoms with van der Waals surface area (Å²) in [6.45, 7) is 8.46. The van der Waals surface area contributed by atoms with Gasteiger partial charge in [-0.3, -0.25) is 0 Å². The number of carbonyl (C=O) groups excluding carboxylic acids is 2. The minimum atomic E-state index is -1.11. The van der Waals surface area contributed by atoms with E-state index in [-0.39, 0.29) is 5.57 Å². The summed E-state index contributed by atoms with van der Waals surface area (Å²) >= 11 is 0. The van der Waals surface area contributed by atoms with Gasteiger partial charge >= 0.3 is 11.9 Å². The Labute approximate surface area is 115 Å². The third kappa shape index (κ3) is 2.02. The van der Waals surface area contributed by atoms with E-state index in [2.05, 4.69) is 6.58 Å². The maximum atomic E-state index is 11.8. The van der Waals surface area contributed by atoms with Gasteiger partial charge in [0.15, 0.2) is 24.3 Å². The second-order valence-corrected chi connectivity index (χ2v) is 5.58. The summed E-state index contributed by atoms with van der Waals surface area (Å²) in [6, 6.07) is 0. The molecule has 0 aromatic heterocycles. The first-order chi connectivity index (χ1) is 9.28. The van der Waals surface area contributed by atoms with Crippen LogP contribution in [0.5, 0.6) is 0 Å². The summed E-state index contributed by atoms with van der Waals surface area (Å²) in [4.78, 5) is 23.3. The molecule has 3 aliphatic rings. The summed E-state index contributed by atoms with van der Waals surface area (Å²) in [5, 5.41) is 0. The Balaban J connectivity index is 1.74. The Bertz CT molecular complexity index is 483. The van der Waals surface area contributed by atoms with Gasteiger partial charge in [0, 0.05) is 5.57 Å². The van der Waals surface area contributed by atoms with Gasteiger partial charge in [-0.15, -0.1) is 0 Å². The molecule has 3 fully saturated rings. The molecule has 0 N–H and O–H groups in total. The maximum absolute atomic E-state index is 11.8. The highest BCUT2D eigenvalue weighted by atomic mass is 16.8. The quantitative estimate of drug-likeness (QED) is 0.532. The minimum Gasteiger partial charge on any atom is -0.454 e. The van der Waals surface area contributed by atoms with E-state index in [1.165, 1.54) is 6.92 Å². The number of fused-ring (bicyclic) bond motifs is 3. The summed E-state index contributed by atoms with van der Waals surface area (Å²) < 4.78 is 27.1. The molecule has 5 atom stereocenters. The predicted octanol–water partition coefficient (Wildman–Crippen LogP) is 0.276. The number of hydrogen-bond acceptors (Lipinski definition) is 7. The van der Waals surface area contributed by atoms with Crippen molar-refractivity contribution in [3.8, 4) is 0 Å². The first kappa shape index (κ1) is 13.5. The molecule has 20 heavy (non-hydrogen) atoms. The van der Waals surface area contributed by atoms with Crippen LogP contribution in [0.15, 0.2) is 12.2 Å². The molecule has 0 aliphatic carbocycles. The molecular formula is C13H16O7. The van der Waals surface area contributed by atoms with E-state index < -0.39 is 48.4 Å². The van der Waals surface area contributed by atoms with E-state index in [4.69, 9.17) is 23.7 Å². The highest BCUT2D eigenvalue weighted by molar-refractivity contribution is 5.90. The topological polar surface area (TPSA) is 80.3 Å². The van der Waals surface area contributed by atoms with E-state index >= 15 is 0 Å². The Morgan fingerprint density at radius 2 is 1.95 bits per heavy atom. The molecule has 0 aromatic rings. The molecular weight excluding hydrogens is 268 g/mol. The zero-order valence-corrected chi connectivity index (χ0v) is 11.5. The largest absolute Gasteiger partial charge is 0.454 e. The first-order valence-corrected chi connectivity index (χ1v) is 6.36. The lowest BCUT2D eigenvalue weighted by molar-refractivity contribution is -0.216. The van der Waals surface area contributed by atoms with Gasteiger partial charge in [-0.2, -0.15) is 0 Å². The van der Waals surface area contributed by atoms with Crippen LogP contribution in [0.1, 0.15) is 20.8 Å². The lowest BCUT2D eigenvalue weighted by atomic mass is 10.1. The fourth-order valence-electron chi connectivity index (χ4n) is 2.55. The van der Waals surface area contributed by atoms with Gasteiger partial charge in [0.1, 0.15) is 6.10 Å². The first-order valence-electron chi connectivity index (χ1n) is 6.36. The van der Waals surface area contributed by atoms with Crippen molar-refractivity contribution < 1.29 is 33.3 Å². The molecule has 0 bridgehead atoms. The average molecular weight is 284 g/mol. The van der Waals surface area contributed by atoms with Crippen molar-refractivity contribution in [3.05, 3.63) is 12.2 Å². The SMILES string of the molecule is C=C(C)C(=O)O[C@@H]1C(=O)O[C@@H]2[C@H]3OC(C)(C)O[C@H]3O[C@@H]21. The fraction of sp³-hybridized carbons (Fsp3) is 0.692. The molecule has 0 radical (unpaired) electrons. The maximum Gasteiger partial charge on any atom is 0.350 e. The highest BCUT2D eigenvalue weighted by Crippen LogP contribution is 2.42. The molecule has 110 valence electrons. The highest BCUT2D eigenvalue weighted by Gasteiger charge is 2.64. The molecule has 3 aliphatic heterocycles. The summed E-state index contributed by atoms with van der Waals surface area (Å²) in [7, 11) is 0. The lowest BCUT2D eigenvalue weighted by Crippen LogP contribution is -2.37. The van der Waals surface area contributed by atoms with Crippen molar-refractivity contribution >= 4 is 11.9 Å². The van der Waals surface area contributed by atoms with Crippen LogP contribution in [0.3, 0.4) is 0 Å². The molecule has 7 nitrogen and oxygen atoms in total. The van der Waals surface area contributed by atoms with Gasteiger partial charge in [0.2, 0.25) is 6.10 Å². The predicted molar refractivity (Wildman–Crippen MR) is 63.3 cm³/mol. The molecule has 0 unspecified atom stereocenters. The van der Waals surface area contributed by atoms with Gasteiger partial charge in [-0.05, 0) is 20.8 Å². The summed E-state index contributed by atoms with van der Waals surface area (Å²) in [5.41, 5.74) is 0.202. The normalized spacial score (nSPS) is 41.0. The Morgan fingerprint density at radius 3 is 2.60 bits per heavy atom.